The first-order valence-corrected chi connectivity index (χ1v) is 18.4. The second-order valence-electron chi connectivity index (χ2n) is 14.1. The summed E-state index contributed by atoms with van der Waals surface area (Å²) in [7, 11) is 0. The Bertz CT molecular complexity index is 2840. The zero-order valence-corrected chi connectivity index (χ0v) is 29.3. The Morgan fingerprint density at radius 2 is 0.889 bits per heavy atom. The summed E-state index contributed by atoms with van der Waals surface area (Å²) in [4.78, 5) is 10.1. The molecule has 1 atom stereocenters. The number of benzene rings is 8. The maximum atomic E-state index is 6.73. The molecule has 1 aromatic heterocycles. The molecule has 8 aromatic carbocycles. The molecule has 0 fully saturated rings. The highest BCUT2D eigenvalue weighted by Crippen LogP contribution is 2.62. The molecule has 2 aliphatic rings. The Morgan fingerprint density at radius 3 is 1.61 bits per heavy atom. The molecule has 0 saturated carbocycles. The third-order valence-corrected chi connectivity index (χ3v) is 11.1. The van der Waals surface area contributed by atoms with Crippen LogP contribution in [0.3, 0.4) is 0 Å². The van der Waals surface area contributed by atoms with Crippen LogP contribution in [0.5, 0.6) is 11.5 Å². The van der Waals surface area contributed by atoms with Gasteiger partial charge in [0.05, 0.1) is 16.8 Å². The van der Waals surface area contributed by atoms with E-state index in [1.807, 2.05) is 36.4 Å². The minimum Gasteiger partial charge on any atom is -0.457 e. The van der Waals surface area contributed by atoms with Crippen molar-refractivity contribution in [3.05, 3.63) is 216 Å². The molecule has 9 aromatic rings. The molecule has 1 spiro atoms. The molecular formula is C51H32N2O. The molecule has 0 amide bonds. The summed E-state index contributed by atoms with van der Waals surface area (Å²) in [5.41, 5.74) is 14.0. The number of ether oxygens (including phenoxy) is 1. The number of para-hydroxylation sites is 1. The Balaban J connectivity index is 1.07. The summed E-state index contributed by atoms with van der Waals surface area (Å²) in [5, 5.41) is 2.47. The number of fused-ring (bicyclic) bond motifs is 10. The van der Waals surface area contributed by atoms with Crippen LogP contribution in [0.15, 0.2) is 194 Å². The fourth-order valence-electron chi connectivity index (χ4n) is 8.67. The minimum absolute atomic E-state index is 0.546. The predicted molar refractivity (Wildman–Crippen MR) is 219 cm³/mol. The lowest BCUT2D eigenvalue weighted by molar-refractivity contribution is 0.436. The molecule has 1 aliphatic carbocycles. The molecule has 252 valence electrons. The van der Waals surface area contributed by atoms with Crippen LogP contribution in [-0.4, -0.2) is 9.97 Å². The average Bonchev–Trinajstić information content (AvgIpc) is 3.52. The topological polar surface area (TPSA) is 35.0 Å². The smallest absolute Gasteiger partial charge is 0.160 e. The Labute approximate surface area is 313 Å². The van der Waals surface area contributed by atoms with Crippen LogP contribution in [-0.2, 0) is 5.41 Å². The summed E-state index contributed by atoms with van der Waals surface area (Å²) >= 11 is 0. The molecule has 3 heteroatoms. The molecule has 0 saturated heterocycles. The maximum absolute atomic E-state index is 6.73. The van der Waals surface area contributed by atoms with Crippen molar-refractivity contribution < 1.29 is 4.74 Å². The van der Waals surface area contributed by atoms with Crippen LogP contribution in [0.2, 0.25) is 0 Å². The van der Waals surface area contributed by atoms with Crippen molar-refractivity contribution in [2.45, 2.75) is 5.41 Å². The highest BCUT2D eigenvalue weighted by Gasteiger charge is 2.51. The van der Waals surface area contributed by atoms with Gasteiger partial charge in [0.1, 0.15) is 11.5 Å². The molecule has 2 heterocycles. The van der Waals surface area contributed by atoms with E-state index in [1.54, 1.807) is 0 Å². The first-order chi connectivity index (χ1) is 26.7. The second-order valence-corrected chi connectivity index (χ2v) is 14.1. The highest BCUT2D eigenvalue weighted by molar-refractivity contribution is 5.97. The van der Waals surface area contributed by atoms with Crippen LogP contribution in [0.25, 0.3) is 66.9 Å². The van der Waals surface area contributed by atoms with Crippen LogP contribution < -0.4 is 4.74 Å². The SMILES string of the molecule is c1ccc(-c2cc(-c3ccccc3)nc(-c3ccc(-c4ccc5c(c4)[C@]4(c6ccccc6O5)c5ccccc5-c5cc6ccccc6cc54)cc3)n2)cc1. The van der Waals surface area contributed by atoms with Crippen LogP contribution in [0, 0.1) is 0 Å². The van der Waals surface area contributed by atoms with Crippen LogP contribution in [0.4, 0.5) is 0 Å². The molecule has 0 bridgehead atoms. The molecule has 11 rings (SSSR count). The molecule has 0 N–H and O–H groups in total. The monoisotopic (exact) mass is 688 g/mol. The third kappa shape index (κ3) is 4.62. The van der Waals surface area contributed by atoms with E-state index in [4.69, 9.17) is 14.7 Å². The maximum Gasteiger partial charge on any atom is 0.160 e. The number of hydrogen-bond acceptors (Lipinski definition) is 3. The molecular weight excluding hydrogens is 657 g/mol. The van der Waals surface area contributed by atoms with Gasteiger partial charge < -0.3 is 4.74 Å². The van der Waals surface area contributed by atoms with E-state index in [0.29, 0.717) is 5.82 Å². The van der Waals surface area contributed by atoms with E-state index < -0.39 is 5.41 Å². The van der Waals surface area contributed by atoms with Gasteiger partial charge in [-0.3, -0.25) is 0 Å². The zero-order chi connectivity index (χ0) is 35.6. The van der Waals surface area contributed by atoms with Gasteiger partial charge in [0.25, 0.3) is 0 Å². The van der Waals surface area contributed by atoms with Crippen molar-refractivity contribution in [2.24, 2.45) is 0 Å². The van der Waals surface area contributed by atoms with Crippen molar-refractivity contribution in [3.8, 4) is 67.7 Å². The van der Waals surface area contributed by atoms with Gasteiger partial charge in [-0.05, 0) is 80.6 Å². The van der Waals surface area contributed by atoms with Gasteiger partial charge in [0.2, 0.25) is 0 Å². The van der Waals surface area contributed by atoms with Crippen molar-refractivity contribution in [1.82, 2.24) is 9.97 Å². The lowest BCUT2D eigenvalue weighted by Gasteiger charge is -2.39. The van der Waals surface area contributed by atoms with Gasteiger partial charge in [-0.25, -0.2) is 9.97 Å². The number of rotatable bonds is 4. The summed E-state index contributed by atoms with van der Waals surface area (Å²) in [6.45, 7) is 0. The molecule has 0 unspecified atom stereocenters. The number of aromatic nitrogens is 2. The van der Waals surface area contributed by atoms with Gasteiger partial charge in [-0.15, -0.1) is 0 Å². The minimum atomic E-state index is -0.546. The Kier molecular flexibility index (Phi) is 6.77. The van der Waals surface area contributed by atoms with Gasteiger partial charge in [-0.2, -0.15) is 0 Å². The summed E-state index contributed by atoms with van der Waals surface area (Å²) < 4.78 is 6.73. The summed E-state index contributed by atoms with van der Waals surface area (Å²) in [6, 6.07) is 69.0. The second kappa shape index (κ2) is 12.0. The fourth-order valence-corrected chi connectivity index (χ4v) is 8.67. The summed E-state index contributed by atoms with van der Waals surface area (Å²) in [6.07, 6.45) is 0. The standard InChI is InChI=1S/C51H32N2O/c1-3-13-34(14-4-1)46-32-47(35-15-5-2-6-16-35)53-50(52-46)36-25-23-33(24-26-36)39-27-28-49-45(31-39)51(43-21-11-12-22-48(43)54-49)42-20-10-9-19-40(42)41-29-37-17-7-8-18-38(37)30-44(41)51/h1-32H/t51-/m0/s1. The first kappa shape index (κ1) is 30.5. The number of nitrogens with zero attached hydrogens (tertiary/aromatic N) is 2. The van der Waals surface area contributed by atoms with Crippen molar-refractivity contribution in [2.75, 3.05) is 0 Å². The lowest BCUT2D eigenvalue weighted by atomic mass is 9.65. The van der Waals surface area contributed by atoms with E-state index in [9.17, 15) is 0 Å². The van der Waals surface area contributed by atoms with E-state index in [0.717, 1.165) is 61.8 Å². The molecule has 54 heavy (non-hydrogen) atoms. The average molecular weight is 689 g/mol. The Morgan fingerprint density at radius 1 is 0.333 bits per heavy atom. The highest BCUT2D eigenvalue weighted by atomic mass is 16.5. The largest absolute Gasteiger partial charge is 0.457 e. The fraction of sp³-hybridized carbons (Fsp3) is 0.0196. The van der Waals surface area contributed by atoms with Crippen molar-refractivity contribution in [1.29, 1.82) is 0 Å². The normalized spacial score (nSPS) is 14.9. The Hall–Kier alpha value is -7.10. The first-order valence-electron chi connectivity index (χ1n) is 18.4. The van der Waals surface area contributed by atoms with Gasteiger partial charge >= 0.3 is 0 Å². The van der Waals surface area contributed by atoms with Gasteiger partial charge in [0, 0.05) is 27.8 Å². The van der Waals surface area contributed by atoms with Crippen LogP contribution >= 0.6 is 0 Å². The van der Waals surface area contributed by atoms with E-state index in [2.05, 4.69) is 158 Å². The van der Waals surface area contributed by atoms with Crippen molar-refractivity contribution in [3.63, 3.8) is 0 Å². The quantitative estimate of drug-likeness (QED) is 0.185. The van der Waals surface area contributed by atoms with Gasteiger partial charge in [0.15, 0.2) is 5.82 Å². The van der Waals surface area contributed by atoms with E-state index in [1.165, 1.54) is 33.0 Å². The summed E-state index contributed by atoms with van der Waals surface area (Å²) in [5.74, 6) is 2.47. The lowest BCUT2D eigenvalue weighted by Crippen LogP contribution is -2.32. The zero-order valence-electron chi connectivity index (χ0n) is 29.3. The number of hydrogen-bond donors (Lipinski definition) is 0. The molecule has 3 nitrogen and oxygen atoms in total. The van der Waals surface area contributed by atoms with Gasteiger partial charge in [-0.1, -0.05) is 158 Å². The van der Waals surface area contributed by atoms with E-state index >= 15 is 0 Å². The van der Waals surface area contributed by atoms with E-state index in [-0.39, 0.29) is 0 Å². The van der Waals surface area contributed by atoms with Crippen molar-refractivity contribution >= 4 is 10.8 Å². The molecule has 0 radical (unpaired) electrons. The van der Waals surface area contributed by atoms with Crippen LogP contribution in [0.1, 0.15) is 22.3 Å². The molecule has 1 aliphatic heterocycles. The third-order valence-electron chi connectivity index (χ3n) is 11.1. The predicted octanol–water partition coefficient (Wildman–Crippen LogP) is 12.8.